The predicted octanol–water partition coefficient (Wildman–Crippen LogP) is 5.16. The molecule has 1 aromatic heterocycles. The highest BCUT2D eigenvalue weighted by Crippen LogP contribution is 2.25. The van der Waals surface area contributed by atoms with Crippen LogP contribution in [0.5, 0.6) is 0 Å². The van der Waals surface area contributed by atoms with Crippen LogP contribution >= 0.6 is 11.6 Å². The van der Waals surface area contributed by atoms with E-state index in [0.717, 1.165) is 40.3 Å². The minimum absolute atomic E-state index is 0.0505. The Bertz CT molecular complexity index is 1170. The van der Waals surface area contributed by atoms with Crippen LogP contribution in [0, 0.1) is 13.8 Å². The molecule has 0 saturated heterocycles. The maximum absolute atomic E-state index is 12.2. The van der Waals surface area contributed by atoms with E-state index in [1.54, 1.807) is 18.3 Å². The number of carbonyl (C=O) groups excluding carboxylic acids is 1. The number of aromatic carboxylic acids is 1. The van der Waals surface area contributed by atoms with E-state index in [4.69, 9.17) is 16.7 Å². The van der Waals surface area contributed by atoms with Crippen LogP contribution in [0.15, 0.2) is 53.6 Å². The number of nitrogens with zero attached hydrogens (tertiary/aromatic N) is 2. The van der Waals surface area contributed by atoms with Crippen LogP contribution in [0.4, 0.5) is 10.5 Å². The molecule has 0 radical (unpaired) electrons. The molecule has 0 unspecified atom stereocenters. The van der Waals surface area contributed by atoms with Gasteiger partial charge in [-0.1, -0.05) is 36.7 Å². The molecule has 2 amide bonds. The van der Waals surface area contributed by atoms with Gasteiger partial charge in [0.1, 0.15) is 0 Å². The lowest BCUT2D eigenvalue weighted by Crippen LogP contribution is -2.24. The van der Waals surface area contributed by atoms with E-state index in [-0.39, 0.29) is 10.6 Å². The zero-order valence-corrected chi connectivity index (χ0v) is 18.2. The summed E-state index contributed by atoms with van der Waals surface area (Å²) in [6, 6.07) is 13.9. The van der Waals surface area contributed by atoms with Gasteiger partial charge in [0.2, 0.25) is 0 Å². The molecule has 0 saturated carbocycles. The van der Waals surface area contributed by atoms with E-state index in [1.165, 1.54) is 6.07 Å². The number of urea groups is 1. The topological polar surface area (TPSA) is 95.7 Å². The molecule has 0 spiro atoms. The summed E-state index contributed by atoms with van der Waals surface area (Å²) < 4.78 is 1.94. The summed E-state index contributed by atoms with van der Waals surface area (Å²) in [5.41, 5.74) is 7.66. The van der Waals surface area contributed by atoms with Crippen molar-refractivity contribution in [2.24, 2.45) is 5.10 Å². The highest BCUT2D eigenvalue weighted by atomic mass is 35.5. The Balaban J connectivity index is 1.75. The van der Waals surface area contributed by atoms with Gasteiger partial charge in [0.15, 0.2) is 0 Å². The molecule has 160 valence electrons. The van der Waals surface area contributed by atoms with Crippen LogP contribution in [0.25, 0.3) is 5.69 Å². The highest BCUT2D eigenvalue weighted by molar-refractivity contribution is 6.33. The SMILES string of the molecule is CCc1ccccc1NC(=O)N/N=C/c1cc(C)n(-c2ccc(C(=O)O)c(Cl)c2)c1C. The Hall–Kier alpha value is -3.58. The lowest BCUT2D eigenvalue weighted by Gasteiger charge is -2.11. The zero-order valence-electron chi connectivity index (χ0n) is 17.4. The Labute approximate surface area is 185 Å². The second kappa shape index (κ2) is 9.49. The van der Waals surface area contributed by atoms with E-state index in [0.29, 0.717) is 0 Å². The van der Waals surface area contributed by atoms with Crippen LogP contribution < -0.4 is 10.7 Å². The number of halogens is 1. The first-order valence-electron chi connectivity index (χ1n) is 9.72. The van der Waals surface area contributed by atoms with Crippen LogP contribution in [-0.4, -0.2) is 27.9 Å². The number of rotatable bonds is 6. The molecule has 0 bridgehead atoms. The number of anilines is 1. The van der Waals surface area contributed by atoms with Crippen molar-refractivity contribution >= 4 is 35.5 Å². The summed E-state index contributed by atoms with van der Waals surface area (Å²) in [5, 5.41) is 16.2. The standard InChI is InChI=1S/C23H23ClN4O3/c1-4-16-7-5-6-8-21(16)26-23(31)27-25-13-17-11-14(2)28(15(17)3)18-9-10-19(22(29)30)20(24)12-18/h5-13H,4H2,1-3H3,(H,29,30)(H2,26,27,31)/b25-13+. The maximum Gasteiger partial charge on any atom is 0.339 e. The monoisotopic (exact) mass is 438 g/mol. The average Bonchev–Trinajstić information content (AvgIpc) is 3.01. The molecule has 0 atom stereocenters. The second-order valence-electron chi connectivity index (χ2n) is 6.97. The van der Waals surface area contributed by atoms with Gasteiger partial charge in [-0.05, 0) is 56.2 Å². The van der Waals surface area contributed by atoms with Crippen molar-refractivity contribution in [3.8, 4) is 5.69 Å². The first kappa shape index (κ1) is 22.1. The molecule has 7 nitrogen and oxygen atoms in total. The van der Waals surface area contributed by atoms with Crippen molar-refractivity contribution < 1.29 is 14.7 Å². The number of benzene rings is 2. The molecule has 3 aromatic rings. The first-order chi connectivity index (χ1) is 14.8. The molecule has 0 aliphatic rings. The summed E-state index contributed by atoms with van der Waals surface area (Å²) in [4.78, 5) is 23.4. The van der Waals surface area contributed by atoms with Gasteiger partial charge in [-0.2, -0.15) is 5.10 Å². The number of nitrogens with one attached hydrogen (secondary N) is 2. The summed E-state index contributed by atoms with van der Waals surface area (Å²) in [6.07, 6.45) is 2.38. The smallest absolute Gasteiger partial charge is 0.339 e. The molecular weight excluding hydrogens is 416 g/mol. The van der Waals surface area contributed by atoms with Gasteiger partial charge in [0.25, 0.3) is 0 Å². The number of aryl methyl sites for hydroxylation is 2. The van der Waals surface area contributed by atoms with Gasteiger partial charge in [-0.15, -0.1) is 0 Å². The van der Waals surface area contributed by atoms with Crippen molar-refractivity contribution in [1.29, 1.82) is 0 Å². The van der Waals surface area contributed by atoms with Crippen LogP contribution in [0.1, 0.15) is 39.8 Å². The quantitative estimate of drug-likeness (QED) is 0.366. The lowest BCUT2D eigenvalue weighted by atomic mass is 10.1. The van der Waals surface area contributed by atoms with Gasteiger partial charge in [0.05, 0.1) is 16.8 Å². The first-order valence-corrected chi connectivity index (χ1v) is 10.1. The molecule has 3 rings (SSSR count). The van der Waals surface area contributed by atoms with Crippen molar-refractivity contribution in [3.63, 3.8) is 0 Å². The largest absolute Gasteiger partial charge is 0.478 e. The number of hydrazone groups is 1. The normalized spacial score (nSPS) is 11.0. The van der Waals surface area contributed by atoms with Gasteiger partial charge < -0.3 is 15.0 Å². The number of para-hydroxylation sites is 1. The molecule has 0 aliphatic carbocycles. The third-order valence-electron chi connectivity index (χ3n) is 4.93. The summed E-state index contributed by atoms with van der Waals surface area (Å²) in [6.45, 7) is 5.85. The summed E-state index contributed by atoms with van der Waals surface area (Å²) in [7, 11) is 0. The summed E-state index contributed by atoms with van der Waals surface area (Å²) >= 11 is 6.12. The van der Waals surface area contributed by atoms with Crippen molar-refractivity contribution in [3.05, 3.63) is 81.6 Å². The molecule has 1 heterocycles. The van der Waals surface area contributed by atoms with Crippen LogP contribution in [0.2, 0.25) is 5.02 Å². The zero-order chi connectivity index (χ0) is 22.5. The van der Waals surface area contributed by atoms with Gasteiger partial charge >= 0.3 is 12.0 Å². The van der Waals surface area contributed by atoms with Gasteiger partial charge in [0, 0.05) is 28.3 Å². The Morgan fingerprint density at radius 3 is 2.58 bits per heavy atom. The minimum Gasteiger partial charge on any atom is -0.478 e. The molecule has 0 fully saturated rings. The number of amides is 2. The number of carbonyl (C=O) groups is 2. The molecular formula is C23H23ClN4O3. The third kappa shape index (κ3) is 4.95. The van der Waals surface area contributed by atoms with E-state index >= 15 is 0 Å². The number of aromatic nitrogens is 1. The molecule has 2 aromatic carbocycles. The van der Waals surface area contributed by atoms with E-state index in [9.17, 15) is 9.59 Å². The lowest BCUT2D eigenvalue weighted by molar-refractivity contribution is 0.0697. The molecule has 31 heavy (non-hydrogen) atoms. The van der Waals surface area contributed by atoms with Gasteiger partial charge in [-0.25, -0.2) is 15.0 Å². The number of carboxylic acid groups (broad SMARTS) is 1. The summed E-state index contributed by atoms with van der Waals surface area (Å²) in [5.74, 6) is -1.07. The van der Waals surface area contributed by atoms with Crippen LogP contribution in [-0.2, 0) is 6.42 Å². The van der Waals surface area contributed by atoms with Crippen molar-refractivity contribution in [2.45, 2.75) is 27.2 Å². The van der Waals surface area contributed by atoms with Crippen molar-refractivity contribution in [2.75, 3.05) is 5.32 Å². The highest BCUT2D eigenvalue weighted by Gasteiger charge is 2.14. The Morgan fingerprint density at radius 2 is 1.90 bits per heavy atom. The fraction of sp³-hybridized carbons (Fsp3) is 0.174. The number of hydrogen-bond donors (Lipinski definition) is 3. The van der Waals surface area contributed by atoms with Crippen LogP contribution in [0.3, 0.4) is 0 Å². The minimum atomic E-state index is -1.07. The average molecular weight is 439 g/mol. The fourth-order valence-electron chi connectivity index (χ4n) is 3.39. The number of carboxylic acids is 1. The fourth-order valence-corrected chi connectivity index (χ4v) is 3.65. The van der Waals surface area contributed by atoms with E-state index < -0.39 is 12.0 Å². The Kier molecular flexibility index (Phi) is 6.77. The van der Waals surface area contributed by atoms with Crippen molar-refractivity contribution in [1.82, 2.24) is 9.99 Å². The molecule has 3 N–H and O–H groups in total. The molecule has 0 aliphatic heterocycles. The molecule has 8 heteroatoms. The number of hydrogen-bond acceptors (Lipinski definition) is 3. The van der Waals surface area contributed by atoms with Gasteiger partial charge in [-0.3, -0.25) is 0 Å². The predicted molar refractivity (Wildman–Crippen MR) is 123 cm³/mol. The second-order valence-corrected chi connectivity index (χ2v) is 7.37. The Morgan fingerprint density at radius 1 is 1.16 bits per heavy atom. The van der Waals surface area contributed by atoms with E-state index in [2.05, 4.69) is 15.8 Å². The third-order valence-corrected chi connectivity index (χ3v) is 5.24. The maximum atomic E-state index is 12.2. The van der Waals surface area contributed by atoms with E-state index in [1.807, 2.05) is 55.7 Å².